The van der Waals surface area contributed by atoms with Crippen LogP contribution in [0.5, 0.6) is 0 Å². The topological polar surface area (TPSA) is 72.7 Å². The van der Waals surface area contributed by atoms with Gasteiger partial charge in [0.1, 0.15) is 6.04 Å². The van der Waals surface area contributed by atoms with Gasteiger partial charge in [0.25, 0.3) is 0 Å². The van der Waals surface area contributed by atoms with Gasteiger partial charge >= 0.3 is 0 Å². The summed E-state index contributed by atoms with van der Waals surface area (Å²) in [5, 5.41) is 14.7. The van der Waals surface area contributed by atoms with Crippen LogP contribution >= 0.6 is 0 Å². The summed E-state index contributed by atoms with van der Waals surface area (Å²) < 4.78 is 1.60. The van der Waals surface area contributed by atoms with Gasteiger partial charge in [-0.25, -0.2) is 4.68 Å². The number of hydrogen-bond acceptors (Lipinski definition) is 4. The standard InChI is InChI=1S/C14H27N5O/c1-9(11(20)15-10(2)13(3,4)5)19-12(14(6,7)8)16-17-18-19/h9-10H,1-8H3,(H,15,20)/t9-,10+/m1/s1. The molecule has 2 atom stereocenters. The molecule has 1 rings (SSSR count). The molecule has 1 aromatic rings. The molecule has 0 aliphatic carbocycles. The summed E-state index contributed by atoms with van der Waals surface area (Å²) in [4.78, 5) is 12.4. The van der Waals surface area contributed by atoms with Gasteiger partial charge in [-0.05, 0) is 29.7 Å². The molecule has 0 fully saturated rings. The Bertz CT molecular complexity index is 467. The van der Waals surface area contributed by atoms with E-state index in [4.69, 9.17) is 0 Å². The molecule has 0 bridgehead atoms. The molecule has 0 unspecified atom stereocenters. The molecule has 0 saturated carbocycles. The second-order valence-electron chi connectivity index (χ2n) is 7.47. The predicted octanol–water partition coefficient (Wildman–Crippen LogP) is 2.08. The van der Waals surface area contributed by atoms with Crippen LogP contribution in [-0.4, -0.2) is 32.2 Å². The Morgan fingerprint density at radius 1 is 1.15 bits per heavy atom. The van der Waals surface area contributed by atoms with Crippen LogP contribution in [-0.2, 0) is 10.2 Å². The van der Waals surface area contributed by atoms with Gasteiger partial charge in [0.05, 0.1) is 0 Å². The van der Waals surface area contributed by atoms with Crippen molar-refractivity contribution in [3.8, 4) is 0 Å². The number of hydrogen-bond donors (Lipinski definition) is 1. The Morgan fingerprint density at radius 2 is 1.70 bits per heavy atom. The number of aromatic nitrogens is 4. The lowest BCUT2D eigenvalue weighted by molar-refractivity contribution is -0.125. The van der Waals surface area contributed by atoms with Gasteiger partial charge in [0.15, 0.2) is 5.82 Å². The van der Waals surface area contributed by atoms with E-state index in [2.05, 4.69) is 41.6 Å². The van der Waals surface area contributed by atoms with E-state index in [-0.39, 0.29) is 22.8 Å². The number of tetrazole rings is 1. The normalized spacial score (nSPS) is 15.8. The first-order valence-electron chi connectivity index (χ1n) is 7.03. The smallest absolute Gasteiger partial charge is 0.244 e. The zero-order chi connectivity index (χ0) is 15.7. The first kappa shape index (κ1) is 16.6. The number of rotatable bonds is 3. The monoisotopic (exact) mass is 281 g/mol. The number of carbonyl (C=O) groups excluding carboxylic acids is 1. The highest BCUT2D eigenvalue weighted by molar-refractivity contribution is 5.80. The van der Waals surface area contributed by atoms with Crippen LogP contribution in [0.1, 0.15) is 67.3 Å². The second-order valence-corrected chi connectivity index (χ2v) is 7.47. The van der Waals surface area contributed by atoms with Crippen molar-refractivity contribution in [3.63, 3.8) is 0 Å². The molecule has 20 heavy (non-hydrogen) atoms. The van der Waals surface area contributed by atoms with Crippen molar-refractivity contribution in [2.45, 2.75) is 72.9 Å². The van der Waals surface area contributed by atoms with Crippen LogP contribution in [0.3, 0.4) is 0 Å². The maximum atomic E-state index is 12.4. The molecule has 6 heteroatoms. The second kappa shape index (κ2) is 5.50. The van der Waals surface area contributed by atoms with Crippen LogP contribution in [0, 0.1) is 5.41 Å². The van der Waals surface area contributed by atoms with Gasteiger partial charge in [0, 0.05) is 11.5 Å². The van der Waals surface area contributed by atoms with Gasteiger partial charge in [-0.2, -0.15) is 0 Å². The molecule has 0 saturated heterocycles. The van der Waals surface area contributed by atoms with Crippen molar-refractivity contribution in [1.29, 1.82) is 0 Å². The van der Waals surface area contributed by atoms with E-state index in [1.165, 1.54) is 0 Å². The lowest BCUT2D eigenvalue weighted by atomic mass is 9.88. The molecule has 6 nitrogen and oxygen atoms in total. The van der Waals surface area contributed by atoms with Gasteiger partial charge in [-0.3, -0.25) is 4.79 Å². The molecule has 1 heterocycles. The SMILES string of the molecule is C[C@H](C(=O)N[C@@H](C)C(C)(C)C)n1nnnc1C(C)(C)C. The highest BCUT2D eigenvalue weighted by Crippen LogP contribution is 2.22. The summed E-state index contributed by atoms with van der Waals surface area (Å²) in [6, 6.07) is -0.351. The van der Waals surface area contributed by atoms with Crippen molar-refractivity contribution in [1.82, 2.24) is 25.5 Å². The molecule has 114 valence electrons. The summed E-state index contributed by atoms with van der Waals surface area (Å²) >= 11 is 0. The minimum absolute atomic E-state index is 0.0167. The summed E-state index contributed by atoms with van der Waals surface area (Å²) in [6.45, 7) is 16.2. The van der Waals surface area contributed by atoms with Gasteiger partial charge in [0.2, 0.25) is 5.91 Å². The zero-order valence-electron chi connectivity index (χ0n) is 13.9. The zero-order valence-corrected chi connectivity index (χ0v) is 13.9. The Labute approximate surface area is 121 Å². The van der Waals surface area contributed by atoms with Crippen molar-refractivity contribution in [2.75, 3.05) is 0 Å². The van der Waals surface area contributed by atoms with Gasteiger partial charge in [-0.1, -0.05) is 41.5 Å². The Kier molecular flexibility index (Phi) is 4.56. The van der Waals surface area contributed by atoms with Crippen molar-refractivity contribution >= 4 is 5.91 Å². The van der Waals surface area contributed by atoms with Crippen molar-refractivity contribution < 1.29 is 4.79 Å². The van der Waals surface area contributed by atoms with Crippen LogP contribution < -0.4 is 5.32 Å². The van der Waals surface area contributed by atoms with Crippen molar-refractivity contribution in [2.24, 2.45) is 5.41 Å². The van der Waals surface area contributed by atoms with E-state index >= 15 is 0 Å². The molecule has 0 aliphatic heterocycles. The number of carbonyl (C=O) groups is 1. The minimum atomic E-state index is -0.427. The van der Waals surface area contributed by atoms with E-state index in [0.29, 0.717) is 5.82 Å². The van der Waals surface area contributed by atoms with Crippen LogP contribution in [0.4, 0.5) is 0 Å². The first-order chi connectivity index (χ1) is 8.94. The number of amides is 1. The van der Waals surface area contributed by atoms with Crippen molar-refractivity contribution in [3.05, 3.63) is 5.82 Å². The molecule has 0 aromatic carbocycles. The largest absolute Gasteiger partial charge is 0.351 e. The Morgan fingerprint density at radius 3 is 2.15 bits per heavy atom. The lowest BCUT2D eigenvalue weighted by Gasteiger charge is -2.29. The third-order valence-corrected chi connectivity index (χ3v) is 3.57. The molecule has 0 spiro atoms. The van der Waals surface area contributed by atoms with Crippen LogP contribution in [0.2, 0.25) is 0 Å². The third kappa shape index (κ3) is 3.77. The lowest BCUT2D eigenvalue weighted by Crippen LogP contribution is -2.44. The van der Waals surface area contributed by atoms with E-state index in [1.54, 1.807) is 4.68 Å². The molecule has 1 N–H and O–H groups in total. The van der Waals surface area contributed by atoms with E-state index in [1.807, 2.05) is 34.6 Å². The molecular weight excluding hydrogens is 254 g/mol. The van der Waals surface area contributed by atoms with E-state index in [0.717, 1.165) is 0 Å². The summed E-state index contributed by atoms with van der Waals surface area (Å²) in [6.07, 6.45) is 0. The fourth-order valence-electron chi connectivity index (χ4n) is 1.61. The quantitative estimate of drug-likeness (QED) is 0.920. The minimum Gasteiger partial charge on any atom is -0.351 e. The summed E-state index contributed by atoms with van der Waals surface area (Å²) in [5.41, 5.74) is -0.184. The number of nitrogens with one attached hydrogen (secondary N) is 1. The Balaban J connectivity index is 2.89. The predicted molar refractivity (Wildman–Crippen MR) is 78.3 cm³/mol. The fraction of sp³-hybridized carbons (Fsp3) is 0.857. The molecule has 0 aliphatic rings. The molecule has 1 amide bonds. The average molecular weight is 281 g/mol. The van der Waals surface area contributed by atoms with E-state index < -0.39 is 6.04 Å². The summed E-state index contributed by atoms with van der Waals surface area (Å²) in [7, 11) is 0. The highest BCUT2D eigenvalue weighted by Gasteiger charge is 2.29. The van der Waals surface area contributed by atoms with Gasteiger partial charge < -0.3 is 5.32 Å². The summed E-state index contributed by atoms with van der Waals surface area (Å²) in [5.74, 6) is 0.647. The number of nitrogens with zero attached hydrogens (tertiary/aromatic N) is 4. The average Bonchev–Trinajstić information content (AvgIpc) is 2.74. The maximum absolute atomic E-state index is 12.4. The fourth-order valence-corrected chi connectivity index (χ4v) is 1.61. The molecule has 1 aromatic heterocycles. The third-order valence-electron chi connectivity index (χ3n) is 3.57. The molecular formula is C14H27N5O. The van der Waals surface area contributed by atoms with Crippen LogP contribution in [0.15, 0.2) is 0 Å². The van der Waals surface area contributed by atoms with E-state index in [9.17, 15) is 4.79 Å². The maximum Gasteiger partial charge on any atom is 0.244 e. The first-order valence-corrected chi connectivity index (χ1v) is 7.03. The Hall–Kier alpha value is -1.46. The van der Waals surface area contributed by atoms with Gasteiger partial charge in [-0.15, -0.1) is 5.10 Å². The van der Waals surface area contributed by atoms with Crippen LogP contribution in [0.25, 0.3) is 0 Å². The molecule has 0 radical (unpaired) electrons. The highest BCUT2D eigenvalue weighted by atomic mass is 16.2.